The van der Waals surface area contributed by atoms with Crippen LogP contribution >= 0.6 is 11.6 Å². The molecule has 6 nitrogen and oxygen atoms in total. The Hall–Kier alpha value is -1.56. The number of aromatic nitrogens is 2. The van der Waals surface area contributed by atoms with E-state index in [1.807, 2.05) is 20.8 Å². The van der Waals surface area contributed by atoms with Crippen molar-refractivity contribution in [3.8, 4) is 5.88 Å². The molecule has 0 aliphatic carbocycles. The van der Waals surface area contributed by atoms with Crippen molar-refractivity contribution in [2.45, 2.75) is 66.2 Å². The van der Waals surface area contributed by atoms with E-state index in [0.29, 0.717) is 18.1 Å². The normalized spacial score (nSPS) is 20.6. The van der Waals surface area contributed by atoms with Gasteiger partial charge in [-0.1, -0.05) is 25.4 Å². The van der Waals surface area contributed by atoms with E-state index < -0.39 is 11.8 Å². The molecule has 0 bridgehead atoms. The SMILES string of the molecule is Cc1ncc(Cl)nc1OC1N(C(=O)OC(C)(C)C)CCCC1(C)C. The molecule has 1 atom stereocenters. The number of halogens is 1. The monoisotopic (exact) mass is 355 g/mol. The first-order valence-corrected chi connectivity index (χ1v) is 8.53. The van der Waals surface area contributed by atoms with Crippen molar-refractivity contribution in [3.05, 3.63) is 17.0 Å². The number of ether oxygens (including phenoxy) is 2. The molecule has 7 heteroatoms. The quantitative estimate of drug-likeness (QED) is 0.795. The first-order chi connectivity index (χ1) is 11.0. The van der Waals surface area contributed by atoms with E-state index >= 15 is 0 Å². The van der Waals surface area contributed by atoms with Gasteiger partial charge in [0.1, 0.15) is 5.60 Å². The summed E-state index contributed by atoms with van der Waals surface area (Å²) in [5.74, 6) is 0.344. The first-order valence-electron chi connectivity index (χ1n) is 8.15. The number of piperidine rings is 1. The van der Waals surface area contributed by atoms with Crippen LogP contribution < -0.4 is 4.74 Å². The molecule has 1 aromatic heterocycles. The highest BCUT2D eigenvalue weighted by Gasteiger charge is 2.43. The summed E-state index contributed by atoms with van der Waals surface area (Å²) in [5, 5.41) is 0.257. The highest BCUT2D eigenvalue weighted by atomic mass is 35.5. The number of carbonyl (C=O) groups is 1. The molecule has 0 spiro atoms. The highest BCUT2D eigenvalue weighted by Crippen LogP contribution is 2.37. The van der Waals surface area contributed by atoms with Gasteiger partial charge in [0, 0.05) is 12.0 Å². The maximum atomic E-state index is 12.6. The summed E-state index contributed by atoms with van der Waals surface area (Å²) in [4.78, 5) is 22.6. The summed E-state index contributed by atoms with van der Waals surface area (Å²) < 4.78 is 11.6. The van der Waals surface area contributed by atoms with Crippen LogP contribution in [0.15, 0.2) is 6.20 Å². The number of nitrogens with zero attached hydrogens (tertiary/aromatic N) is 3. The van der Waals surface area contributed by atoms with Gasteiger partial charge in [0.25, 0.3) is 0 Å². The van der Waals surface area contributed by atoms with Crippen molar-refractivity contribution in [1.29, 1.82) is 0 Å². The summed E-state index contributed by atoms with van der Waals surface area (Å²) >= 11 is 5.93. The number of hydrogen-bond donors (Lipinski definition) is 0. The van der Waals surface area contributed by atoms with Gasteiger partial charge < -0.3 is 9.47 Å². The van der Waals surface area contributed by atoms with Crippen LogP contribution in [0.4, 0.5) is 4.79 Å². The molecule has 0 radical (unpaired) electrons. The average molecular weight is 356 g/mol. The maximum absolute atomic E-state index is 12.6. The van der Waals surface area contributed by atoms with Gasteiger partial charge in [-0.3, -0.25) is 9.88 Å². The second kappa shape index (κ2) is 6.75. The van der Waals surface area contributed by atoms with Crippen molar-refractivity contribution in [3.63, 3.8) is 0 Å². The van der Waals surface area contributed by atoms with Gasteiger partial charge in [-0.25, -0.2) is 4.79 Å². The molecular formula is C17H26ClN3O3. The predicted molar refractivity (Wildman–Crippen MR) is 92.2 cm³/mol. The molecular weight excluding hydrogens is 330 g/mol. The van der Waals surface area contributed by atoms with Gasteiger partial charge in [0.05, 0.1) is 11.9 Å². The van der Waals surface area contributed by atoms with Crippen LogP contribution in [0, 0.1) is 12.3 Å². The highest BCUT2D eigenvalue weighted by molar-refractivity contribution is 6.29. The molecule has 1 unspecified atom stereocenters. The molecule has 1 amide bonds. The van der Waals surface area contributed by atoms with E-state index in [1.165, 1.54) is 6.20 Å². The molecule has 0 saturated carbocycles. The lowest BCUT2D eigenvalue weighted by Gasteiger charge is -2.45. The Bertz CT molecular complexity index is 614. The zero-order chi connectivity index (χ0) is 18.1. The molecule has 2 heterocycles. The van der Waals surface area contributed by atoms with Crippen LogP contribution in [0.2, 0.25) is 5.15 Å². The fourth-order valence-corrected chi connectivity index (χ4v) is 2.85. The predicted octanol–water partition coefficient (Wildman–Crippen LogP) is 4.20. The van der Waals surface area contributed by atoms with Gasteiger partial charge in [-0.2, -0.15) is 4.98 Å². The Labute approximate surface area is 148 Å². The number of carbonyl (C=O) groups excluding carboxylic acids is 1. The van der Waals surface area contributed by atoms with Gasteiger partial charge in [-0.15, -0.1) is 0 Å². The molecule has 1 fully saturated rings. The lowest BCUT2D eigenvalue weighted by Crippen LogP contribution is -2.56. The third-order valence-corrected chi connectivity index (χ3v) is 4.09. The summed E-state index contributed by atoms with van der Waals surface area (Å²) in [6.45, 7) is 12.1. The third kappa shape index (κ3) is 4.50. The summed E-state index contributed by atoms with van der Waals surface area (Å²) in [6.07, 6.45) is 2.43. The van der Waals surface area contributed by atoms with Crippen LogP contribution in [0.5, 0.6) is 5.88 Å². The topological polar surface area (TPSA) is 64.6 Å². The molecule has 134 valence electrons. The molecule has 0 N–H and O–H groups in total. The van der Waals surface area contributed by atoms with Crippen LogP contribution in [-0.4, -0.2) is 39.3 Å². The Morgan fingerprint density at radius 3 is 2.71 bits per heavy atom. The molecule has 1 saturated heterocycles. The van der Waals surface area contributed by atoms with Crippen molar-refractivity contribution < 1.29 is 14.3 Å². The zero-order valence-corrected chi connectivity index (χ0v) is 16.0. The van der Waals surface area contributed by atoms with Crippen LogP contribution in [-0.2, 0) is 4.74 Å². The van der Waals surface area contributed by atoms with Gasteiger partial charge >= 0.3 is 6.09 Å². The smallest absolute Gasteiger partial charge is 0.413 e. The van der Waals surface area contributed by atoms with Gasteiger partial charge in [0.2, 0.25) is 5.88 Å². The summed E-state index contributed by atoms with van der Waals surface area (Å²) in [6, 6.07) is 0. The Balaban J connectivity index is 2.29. The average Bonchev–Trinajstić information content (AvgIpc) is 2.42. The molecule has 1 aromatic rings. The zero-order valence-electron chi connectivity index (χ0n) is 15.2. The minimum Gasteiger partial charge on any atom is -0.451 e. The molecule has 2 rings (SSSR count). The molecule has 24 heavy (non-hydrogen) atoms. The summed E-state index contributed by atoms with van der Waals surface area (Å²) in [5.41, 5.74) is -0.175. The second-order valence-electron chi connectivity index (χ2n) is 7.82. The van der Waals surface area contributed by atoms with Crippen molar-refractivity contribution in [2.24, 2.45) is 5.41 Å². The summed E-state index contributed by atoms with van der Waals surface area (Å²) in [7, 11) is 0. The Kier molecular flexibility index (Phi) is 5.28. The molecule has 1 aliphatic heterocycles. The number of likely N-dealkylation sites (tertiary alicyclic amines) is 1. The minimum atomic E-state index is -0.561. The van der Waals surface area contributed by atoms with Crippen molar-refractivity contribution in [1.82, 2.24) is 14.9 Å². The maximum Gasteiger partial charge on any atom is 0.413 e. The largest absolute Gasteiger partial charge is 0.451 e. The van der Waals surface area contributed by atoms with Crippen LogP contribution in [0.25, 0.3) is 0 Å². The number of hydrogen-bond acceptors (Lipinski definition) is 5. The minimum absolute atomic E-state index is 0.244. The fraction of sp³-hybridized carbons (Fsp3) is 0.706. The van der Waals surface area contributed by atoms with Crippen molar-refractivity contribution in [2.75, 3.05) is 6.54 Å². The number of amides is 1. The van der Waals surface area contributed by atoms with Gasteiger partial charge in [-0.05, 0) is 40.5 Å². The Morgan fingerprint density at radius 2 is 2.08 bits per heavy atom. The van der Waals surface area contributed by atoms with Crippen LogP contribution in [0.1, 0.15) is 53.2 Å². The number of rotatable bonds is 2. The van der Waals surface area contributed by atoms with E-state index in [0.717, 1.165) is 12.8 Å². The van der Waals surface area contributed by atoms with E-state index in [-0.39, 0.29) is 16.7 Å². The van der Waals surface area contributed by atoms with E-state index in [4.69, 9.17) is 21.1 Å². The molecule has 0 aromatic carbocycles. The lowest BCUT2D eigenvalue weighted by atomic mass is 9.82. The van der Waals surface area contributed by atoms with Crippen molar-refractivity contribution >= 4 is 17.7 Å². The van der Waals surface area contributed by atoms with Gasteiger partial charge in [0.15, 0.2) is 11.4 Å². The first kappa shape index (κ1) is 18.8. The van der Waals surface area contributed by atoms with Crippen LogP contribution in [0.3, 0.4) is 0 Å². The molecule has 1 aliphatic rings. The fourth-order valence-electron chi connectivity index (χ4n) is 2.73. The standard InChI is InChI=1S/C17H26ClN3O3/c1-11-13(20-12(18)10-19-11)23-14-17(5,6)8-7-9-21(14)15(22)24-16(2,3)4/h10,14H,7-9H2,1-6H3. The number of aryl methyl sites for hydroxylation is 1. The Morgan fingerprint density at radius 1 is 1.42 bits per heavy atom. The third-order valence-electron chi connectivity index (χ3n) is 3.91. The second-order valence-corrected chi connectivity index (χ2v) is 8.21. The lowest BCUT2D eigenvalue weighted by molar-refractivity contribution is -0.0919. The van der Waals surface area contributed by atoms with E-state index in [1.54, 1.807) is 11.8 Å². The van der Waals surface area contributed by atoms with E-state index in [9.17, 15) is 4.79 Å². The van der Waals surface area contributed by atoms with E-state index in [2.05, 4.69) is 23.8 Å².